The number of carbonyl (C=O) groups excluding carboxylic acids is 1. The van der Waals surface area contributed by atoms with Crippen molar-refractivity contribution in [2.24, 2.45) is 0 Å². The number of ketones is 1. The van der Waals surface area contributed by atoms with Crippen LogP contribution in [0, 0.1) is 0 Å². The van der Waals surface area contributed by atoms with Crippen molar-refractivity contribution in [3.05, 3.63) is 63.8 Å². The first-order chi connectivity index (χ1) is 11.5. The zero-order valence-electron chi connectivity index (χ0n) is 12.5. The molecule has 0 saturated carbocycles. The Hall–Kier alpha value is -2.28. The Morgan fingerprint density at radius 1 is 1.25 bits per heavy atom. The SMILES string of the molecule is O=C(O)c1cccc(CNCC(=O)c2cc3c(Cl)cncc3s2)c1. The van der Waals surface area contributed by atoms with Crippen LogP contribution in [-0.2, 0) is 6.54 Å². The number of fused-ring (bicyclic) bond motifs is 1. The van der Waals surface area contributed by atoms with Crippen LogP contribution in [0.4, 0.5) is 0 Å². The van der Waals surface area contributed by atoms with Crippen LogP contribution in [0.15, 0.2) is 42.7 Å². The van der Waals surface area contributed by atoms with Crippen molar-refractivity contribution in [3.63, 3.8) is 0 Å². The van der Waals surface area contributed by atoms with Crippen LogP contribution in [0.5, 0.6) is 0 Å². The van der Waals surface area contributed by atoms with Crippen molar-refractivity contribution >= 4 is 44.8 Å². The molecule has 0 unspecified atom stereocenters. The molecule has 3 rings (SSSR count). The second-order valence-corrected chi connectivity index (χ2v) is 6.67. The highest BCUT2D eigenvalue weighted by Crippen LogP contribution is 2.30. The minimum atomic E-state index is -0.969. The van der Waals surface area contributed by atoms with Gasteiger partial charge in [-0.1, -0.05) is 23.7 Å². The van der Waals surface area contributed by atoms with Crippen LogP contribution < -0.4 is 5.32 Å². The van der Waals surface area contributed by atoms with E-state index in [0.29, 0.717) is 16.4 Å². The van der Waals surface area contributed by atoms with Crippen LogP contribution in [0.2, 0.25) is 5.02 Å². The predicted octanol–water partition coefficient (Wildman–Crippen LogP) is 3.62. The number of Topliss-reactive ketones (excluding diaryl/α,β-unsaturated/α-hetero) is 1. The average Bonchev–Trinajstić information content (AvgIpc) is 3.01. The van der Waals surface area contributed by atoms with Crippen LogP contribution in [0.3, 0.4) is 0 Å². The first-order valence-electron chi connectivity index (χ1n) is 7.14. The average molecular weight is 361 g/mol. The second-order valence-electron chi connectivity index (χ2n) is 5.18. The lowest BCUT2D eigenvalue weighted by atomic mass is 10.1. The highest BCUT2D eigenvalue weighted by atomic mass is 35.5. The molecule has 3 aromatic rings. The van der Waals surface area contributed by atoms with Crippen molar-refractivity contribution in [2.45, 2.75) is 6.54 Å². The Kier molecular flexibility index (Phi) is 4.89. The van der Waals surface area contributed by atoms with Gasteiger partial charge in [-0.25, -0.2) is 4.79 Å². The Labute approximate surface area is 146 Å². The summed E-state index contributed by atoms with van der Waals surface area (Å²) in [7, 11) is 0. The van der Waals surface area contributed by atoms with Gasteiger partial charge in [0.1, 0.15) is 0 Å². The Bertz CT molecular complexity index is 923. The van der Waals surface area contributed by atoms with Crippen LogP contribution in [-0.4, -0.2) is 28.4 Å². The normalized spacial score (nSPS) is 10.9. The van der Waals surface area contributed by atoms with Gasteiger partial charge in [-0.2, -0.15) is 0 Å². The number of rotatable bonds is 6. The smallest absolute Gasteiger partial charge is 0.335 e. The van der Waals surface area contributed by atoms with Gasteiger partial charge in [0, 0.05) is 24.3 Å². The number of thiophene rings is 1. The lowest BCUT2D eigenvalue weighted by molar-refractivity contribution is 0.0696. The number of nitrogens with zero attached hydrogens (tertiary/aromatic N) is 1. The Morgan fingerprint density at radius 3 is 2.83 bits per heavy atom. The van der Waals surface area contributed by atoms with Gasteiger partial charge in [-0.05, 0) is 23.8 Å². The summed E-state index contributed by atoms with van der Waals surface area (Å²) in [5, 5.41) is 13.4. The first kappa shape index (κ1) is 16.6. The van der Waals surface area contributed by atoms with Crippen molar-refractivity contribution in [1.82, 2.24) is 10.3 Å². The highest BCUT2D eigenvalue weighted by Gasteiger charge is 2.12. The Balaban J connectivity index is 1.64. The largest absolute Gasteiger partial charge is 0.478 e. The number of aromatic nitrogens is 1. The monoisotopic (exact) mass is 360 g/mol. The van der Waals surface area contributed by atoms with E-state index in [1.54, 1.807) is 30.6 Å². The summed E-state index contributed by atoms with van der Waals surface area (Å²) in [6.45, 7) is 0.579. The van der Waals surface area contributed by atoms with Gasteiger partial charge in [0.2, 0.25) is 0 Å². The minimum absolute atomic E-state index is 0.0401. The summed E-state index contributed by atoms with van der Waals surface area (Å²) in [5.74, 6) is -1.01. The topological polar surface area (TPSA) is 79.3 Å². The molecule has 2 N–H and O–H groups in total. The van der Waals surface area contributed by atoms with Gasteiger partial charge in [0.25, 0.3) is 0 Å². The molecule has 5 nitrogen and oxygen atoms in total. The van der Waals surface area contributed by atoms with Gasteiger partial charge >= 0.3 is 5.97 Å². The number of aromatic carboxylic acids is 1. The molecular formula is C17H13ClN2O3S. The maximum atomic E-state index is 12.3. The third-order valence-electron chi connectivity index (χ3n) is 3.46. The lowest BCUT2D eigenvalue weighted by Gasteiger charge is -2.04. The summed E-state index contributed by atoms with van der Waals surface area (Å²) in [4.78, 5) is 27.9. The minimum Gasteiger partial charge on any atom is -0.478 e. The summed E-state index contributed by atoms with van der Waals surface area (Å²) < 4.78 is 0.875. The maximum absolute atomic E-state index is 12.3. The van der Waals surface area contributed by atoms with Gasteiger partial charge in [0.05, 0.1) is 26.7 Å². The molecule has 0 aliphatic heterocycles. The molecule has 7 heteroatoms. The molecule has 0 aliphatic rings. The number of pyridine rings is 1. The van der Waals surface area contributed by atoms with E-state index < -0.39 is 5.97 Å². The number of hydrogen-bond acceptors (Lipinski definition) is 5. The van der Waals surface area contributed by atoms with Crippen molar-refractivity contribution < 1.29 is 14.7 Å². The number of carboxylic acids is 1. The van der Waals surface area contributed by atoms with Gasteiger partial charge in [0.15, 0.2) is 5.78 Å². The van der Waals surface area contributed by atoms with E-state index in [-0.39, 0.29) is 17.9 Å². The molecular weight excluding hydrogens is 348 g/mol. The van der Waals surface area contributed by atoms with Crippen LogP contribution >= 0.6 is 22.9 Å². The lowest BCUT2D eigenvalue weighted by Crippen LogP contribution is -2.22. The first-order valence-corrected chi connectivity index (χ1v) is 8.33. The molecule has 0 fully saturated rings. The summed E-state index contributed by atoms with van der Waals surface area (Å²) in [6, 6.07) is 8.40. The molecule has 24 heavy (non-hydrogen) atoms. The fraction of sp³-hybridized carbons (Fsp3) is 0.118. The number of halogens is 1. The molecule has 2 aromatic heterocycles. The van der Waals surface area contributed by atoms with E-state index in [0.717, 1.165) is 15.6 Å². The van der Waals surface area contributed by atoms with Crippen molar-refractivity contribution in [1.29, 1.82) is 0 Å². The number of carboxylic acid groups (broad SMARTS) is 1. The molecule has 0 saturated heterocycles. The predicted molar refractivity (Wildman–Crippen MR) is 94.1 cm³/mol. The molecule has 2 heterocycles. The van der Waals surface area contributed by atoms with E-state index in [4.69, 9.17) is 16.7 Å². The molecule has 0 amide bonds. The Morgan fingerprint density at radius 2 is 2.08 bits per heavy atom. The third-order valence-corrected chi connectivity index (χ3v) is 4.87. The van der Waals surface area contributed by atoms with Gasteiger partial charge in [-0.3, -0.25) is 9.78 Å². The molecule has 0 radical (unpaired) electrons. The van der Waals surface area contributed by atoms with Crippen LogP contribution in [0.1, 0.15) is 25.6 Å². The number of carbonyl (C=O) groups is 2. The fourth-order valence-electron chi connectivity index (χ4n) is 2.29. The number of hydrogen-bond donors (Lipinski definition) is 2. The van der Waals surface area contributed by atoms with E-state index in [1.807, 2.05) is 6.07 Å². The molecule has 122 valence electrons. The van der Waals surface area contributed by atoms with E-state index in [2.05, 4.69) is 10.3 Å². The molecule has 0 aliphatic carbocycles. The van der Waals surface area contributed by atoms with Crippen molar-refractivity contribution in [3.8, 4) is 0 Å². The quantitative estimate of drug-likeness (QED) is 0.656. The molecule has 0 spiro atoms. The molecule has 0 atom stereocenters. The zero-order chi connectivity index (χ0) is 17.1. The van der Waals surface area contributed by atoms with E-state index in [9.17, 15) is 9.59 Å². The zero-order valence-corrected chi connectivity index (χ0v) is 14.0. The van der Waals surface area contributed by atoms with Gasteiger partial charge in [-0.15, -0.1) is 11.3 Å². The second kappa shape index (κ2) is 7.09. The number of nitrogens with one attached hydrogen (secondary N) is 1. The highest BCUT2D eigenvalue weighted by molar-refractivity contribution is 7.20. The fourth-order valence-corrected chi connectivity index (χ4v) is 3.55. The van der Waals surface area contributed by atoms with Crippen molar-refractivity contribution in [2.75, 3.05) is 6.54 Å². The number of benzene rings is 1. The summed E-state index contributed by atoms with van der Waals surface area (Å²) in [6.07, 6.45) is 3.24. The van der Waals surface area contributed by atoms with E-state index >= 15 is 0 Å². The van der Waals surface area contributed by atoms with Crippen LogP contribution in [0.25, 0.3) is 10.1 Å². The summed E-state index contributed by atoms with van der Waals surface area (Å²) >= 11 is 7.43. The summed E-state index contributed by atoms with van der Waals surface area (Å²) in [5.41, 5.74) is 1.04. The van der Waals surface area contributed by atoms with Gasteiger partial charge < -0.3 is 10.4 Å². The maximum Gasteiger partial charge on any atom is 0.335 e. The third kappa shape index (κ3) is 3.62. The molecule has 1 aromatic carbocycles. The molecule has 0 bridgehead atoms. The standard InChI is InChI=1S/C17H13ClN2O3S/c18-13-7-20-9-16-12(13)5-15(24-16)14(21)8-19-6-10-2-1-3-11(4-10)17(22)23/h1-5,7,9,19H,6,8H2,(H,22,23). The van der Waals surface area contributed by atoms with E-state index in [1.165, 1.54) is 17.4 Å².